The van der Waals surface area contributed by atoms with Gasteiger partial charge in [0.25, 0.3) is 0 Å². The van der Waals surface area contributed by atoms with Gasteiger partial charge in [-0.3, -0.25) is 4.90 Å². The summed E-state index contributed by atoms with van der Waals surface area (Å²) in [5.74, 6) is 3.15. The number of nitrogens with zero attached hydrogens (tertiary/aromatic N) is 1. The van der Waals surface area contributed by atoms with Crippen molar-refractivity contribution in [2.24, 2.45) is 5.92 Å². The minimum absolute atomic E-state index is 0.503. The summed E-state index contributed by atoms with van der Waals surface area (Å²) in [6.07, 6.45) is 8.52. The van der Waals surface area contributed by atoms with Crippen LogP contribution in [0.1, 0.15) is 63.9 Å². The van der Waals surface area contributed by atoms with Gasteiger partial charge in [0.1, 0.15) is 11.5 Å². The second kappa shape index (κ2) is 6.97. The van der Waals surface area contributed by atoms with Gasteiger partial charge in [-0.2, -0.15) is 0 Å². The van der Waals surface area contributed by atoms with Crippen LogP contribution in [0.25, 0.3) is 0 Å². The molecule has 1 aliphatic heterocycles. The van der Waals surface area contributed by atoms with Crippen molar-refractivity contribution in [3.63, 3.8) is 0 Å². The standard InChI is InChI=1S/C18H30N2O/c1-14(2)19-12-16-9-10-17(21-16)13-20-11-5-7-15-6-3-4-8-18(15)20/h9-10,14-15,18-19H,3-8,11-13H2,1-2H3. The highest BCUT2D eigenvalue weighted by Crippen LogP contribution is 2.36. The molecule has 1 N–H and O–H groups in total. The zero-order valence-electron chi connectivity index (χ0n) is 13.6. The number of hydrogen-bond donors (Lipinski definition) is 1. The van der Waals surface area contributed by atoms with Gasteiger partial charge < -0.3 is 9.73 Å². The van der Waals surface area contributed by atoms with E-state index in [0.29, 0.717) is 6.04 Å². The van der Waals surface area contributed by atoms with Gasteiger partial charge in [0.05, 0.1) is 13.1 Å². The van der Waals surface area contributed by atoms with Crippen molar-refractivity contribution in [2.75, 3.05) is 6.54 Å². The molecular weight excluding hydrogens is 260 g/mol. The zero-order chi connectivity index (χ0) is 14.7. The van der Waals surface area contributed by atoms with E-state index in [1.165, 1.54) is 45.1 Å². The van der Waals surface area contributed by atoms with Crippen molar-refractivity contribution < 1.29 is 4.42 Å². The van der Waals surface area contributed by atoms with Crippen LogP contribution in [-0.2, 0) is 13.1 Å². The summed E-state index contributed by atoms with van der Waals surface area (Å²) in [4.78, 5) is 2.69. The maximum absolute atomic E-state index is 6.01. The van der Waals surface area contributed by atoms with Crippen LogP contribution in [0.4, 0.5) is 0 Å². The summed E-state index contributed by atoms with van der Waals surface area (Å²) >= 11 is 0. The number of nitrogens with one attached hydrogen (secondary N) is 1. The first-order valence-corrected chi connectivity index (χ1v) is 8.77. The maximum atomic E-state index is 6.01. The van der Waals surface area contributed by atoms with Crippen LogP contribution >= 0.6 is 0 Å². The lowest BCUT2D eigenvalue weighted by Gasteiger charge is -2.43. The number of furan rings is 1. The van der Waals surface area contributed by atoms with E-state index in [2.05, 4.69) is 36.2 Å². The fraction of sp³-hybridized carbons (Fsp3) is 0.778. The van der Waals surface area contributed by atoms with Crippen molar-refractivity contribution >= 4 is 0 Å². The Bertz CT molecular complexity index is 438. The molecule has 1 saturated heterocycles. The van der Waals surface area contributed by atoms with Crippen molar-refractivity contribution in [3.8, 4) is 0 Å². The van der Waals surface area contributed by atoms with Gasteiger partial charge in [0.15, 0.2) is 0 Å². The Morgan fingerprint density at radius 1 is 1.14 bits per heavy atom. The molecule has 0 bridgehead atoms. The van der Waals surface area contributed by atoms with Crippen molar-refractivity contribution in [3.05, 3.63) is 23.7 Å². The highest BCUT2D eigenvalue weighted by molar-refractivity contribution is 5.08. The number of fused-ring (bicyclic) bond motifs is 1. The Balaban J connectivity index is 1.57. The van der Waals surface area contributed by atoms with E-state index >= 15 is 0 Å². The van der Waals surface area contributed by atoms with Gasteiger partial charge >= 0.3 is 0 Å². The molecule has 1 aliphatic carbocycles. The van der Waals surface area contributed by atoms with Crippen LogP contribution in [0.15, 0.2) is 16.5 Å². The molecule has 2 heterocycles. The Kier molecular flexibility index (Phi) is 5.02. The minimum atomic E-state index is 0.503. The van der Waals surface area contributed by atoms with E-state index in [1.54, 1.807) is 0 Å². The summed E-state index contributed by atoms with van der Waals surface area (Å²) in [5, 5.41) is 3.42. The number of likely N-dealkylation sites (tertiary alicyclic amines) is 1. The summed E-state index contributed by atoms with van der Waals surface area (Å²) in [6, 6.07) is 5.62. The normalized spacial score (nSPS) is 27.0. The van der Waals surface area contributed by atoms with Crippen LogP contribution in [0, 0.1) is 5.92 Å². The molecule has 118 valence electrons. The van der Waals surface area contributed by atoms with Crippen molar-refractivity contribution in [1.82, 2.24) is 10.2 Å². The van der Waals surface area contributed by atoms with Crippen LogP contribution in [0.5, 0.6) is 0 Å². The topological polar surface area (TPSA) is 28.4 Å². The first-order chi connectivity index (χ1) is 10.2. The van der Waals surface area contributed by atoms with Crippen LogP contribution in [0.3, 0.4) is 0 Å². The van der Waals surface area contributed by atoms with Crippen molar-refractivity contribution in [1.29, 1.82) is 0 Å². The van der Waals surface area contributed by atoms with Gasteiger partial charge in [-0.15, -0.1) is 0 Å². The van der Waals surface area contributed by atoms with E-state index in [1.807, 2.05) is 0 Å². The number of piperidine rings is 1. The maximum Gasteiger partial charge on any atom is 0.118 e. The van der Waals surface area contributed by atoms with Crippen LogP contribution in [0.2, 0.25) is 0 Å². The lowest BCUT2D eigenvalue weighted by atomic mass is 9.78. The molecule has 21 heavy (non-hydrogen) atoms. The quantitative estimate of drug-likeness (QED) is 0.890. The molecule has 0 spiro atoms. The molecular formula is C18H30N2O. The molecule has 3 rings (SSSR count). The molecule has 1 saturated carbocycles. The average Bonchev–Trinajstić information content (AvgIpc) is 2.93. The Morgan fingerprint density at radius 2 is 1.90 bits per heavy atom. The highest BCUT2D eigenvalue weighted by atomic mass is 16.3. The van der Waals surface area contributed by atoms with E-state index in [0.717, 1.165) is 36.6 Å². The largest absolute Gasteiger partial charge is 0.463 e. The van der Waals surface area contributed by atoms with Gasteiger partial charge in [0.2, 0.25) is 0 Å². The third-order valence-electron chi connectivity index (χ3n) is 5.12. The van der Waals surface area contributed by atoms with Gasteiger partial charge in [-0.25, -0.2) is 0 Å². The summed E-state index contributed by atoms with van der Waals surface area (Å²) in [5.41, 5.74) is 0. The first-order valence-electron chi connectivity index (χ1n) is 8.77. The predicted octanol–water partition coefficient (Wildman–Crippen LogP) is 3.93. The zero-order valence-corrected chi connectivity index (χ0v) is 13.6. The second-order valence-corrected chi connectivity index (χ2v) is 7.13. The van der Waals surface area contributed by atoms with Crippen molar-refractivity contribution in [2.45, 2.75) is 77.5 Å². The van der Waals surface area contributed by atoms with Crippen LogP contribution < -0.4 is 5.32 Å². The fourth-order valence-electron chi connectivity index (χ4n) is 4.03. The average molecular weight is 290 g/mol. The van der Waals surface area contributed by atoms with E-state index in [4.69, 9.17) is 4.42 Å². The van der Waals surface area contributed by atoms with Gasteiger partial charge in [0, 0.05) is 12.1 Å². The predicted molar refractivity (Wildman–Crippen MR) is 86.1 cm³/mol. The molecule has 2 atom stereocenters. The SMILES string of the molecule is CC(C)NCc1ccc(CN2CCCC3CCCCC32)o1. The summed E-state index contributed by atoms with van der Waals surface area (Å²) in [6.45, 7) is 7.43. The van der Waals surface area contributed by atoms with E-state index < -0.39 is 0 Å². The molecule has 2 aliphatic rings. The highest BCUT2D eigenvalue weighted by Gasteiger charge is 2.33. The third kappa shape index (κ3) is 3.89. The fourth-order valence-corrected chi connectivity index (χ4v) is 4.03. The molecule has 1 aromatic heterocycles. The molecule has 2 fully saturated rings. The number of hydrogen-bond acceptors (Lipinski definition) is 3. The molecule has 0 radical (unpaired) electrons. The lowest BCUT2D eigenvalue weighted by molar-refractivity contribution is 0.0492. The molecule has 3 heteroatoms. The Labute approximate surface area is 129 Å². The van der Waals surface area contributed by atoms with E-state index in [9.17, 15) is 0 Å². The Morgan fingerprint density at radius 3 is 2.76 bits per heavy atom. The minimum Gasteiger partial charge on any atom is -0.463 e. The molecule has 1 aromatic rings. The lowest BCUT2D eigenvalue weighted by Crippen LogP contribution is -2.46. The Hall–Kier alpha value is -0.800. The molecule has 2 unspecified atom stereocenters. The van der Waals surface area contributed by atoms with Crippen LogP contribution in [-0.4, -0.2) is 23.5 Å². The summed E-state index contributed by atoms with van der Waals surface area (Å²) < 4.78 is 6.01. The summed E-state index contributed by atoms with van der Waals surface area (Å²) in [7, 11) is 0. The second-order valence-electron chi connectivity index (χ2n) is 7.13. The van der Waals surface area contributed by atoms with Gasteiger partial charge in [-0.05, 0) is 50.3 Å². The molecule has 3 nitrogen and oxygen atoms in total. The number of rotatable bonds is 5. The smallest absolute Gasteiger partial charge is 0.118 e. The monoisotopic (exact) mass is 290 g/mol. The molecule has 0 aromatic carbocycles. The molecule has 0 amide bonds. The third-order valence-corrected chi connectivity index (χ3v) is 5.12. The van der Waals surface area contributed by atoms with E-state index in [-0.39, 0.29) is 0 Å². The first kappa shape index (κ1) is 15.1. The van der Waals surface area contributed by atoms with Gasteiger partial charge in [-0.1, -0.05) is 26.7 Å².